The summed E-state index contributed by atoms with van der Waals surface area (Å²) < 4.78 is 14.0. The Morgan fingerprint density at radius 2 is 2.17 bits per heavy atom. The van der Waals surface area contributed by atoms with Gasteiger partial charge in [0, 0.05) is 6.04 Å². The number of rotatable bonds is 6. The fourth-order valence-electron chi connectivity index (χ4n) is 1.77. The number of carboxylic acid groups (broad SMARTS) is 1. The lowest BCUT2D eigenvalue weighted by Crippen LogP contribution is -2.19. The minimum atomic E-state index is -1.15. The van der Waals surface area contributed by atoms with Gasteiger partial charge < -0.3 is 10.4 Å². The van der Waals surface area contributed by atoms with Crippen LogP contribution in [0.2, 0.25) is 0 Å². The number of hydrogen-bond donors (Lipinski definition) is 2. The molecule has 0 amide bonds. The van der Waals surface area contributed by atoms with Gasteiger partial charge in [0.05, 0.1) is 15.7 Å². The van der Waals surface area contributed by atoms with E-state index in [-0.39, 0.29) is 16.1 Å². The van der Waals surface area contributed by atoms with Crippen LogP contribution in [0.4, 0.5) is 10.1 Å². The Morgan fingerprint density at radius 3 is 2.67 bits per heavy atom. The molecule has 1 aromatic rings. The molecule has 0 fully saturated rings. The molecule has 18 heavy (non-hydrogen) atoms. The maximum Gasteiger partial charge on any atom is 0.336 e. The van der Waals surface area contributed by atoms with Crippen LogP contribution in [-0.4, -0.2) is 17.1 Å². The highest BCUT2D eigenvalue weighted by atomic mass is 79.9. The third-order valence-corrected chi connectivity index (χ3v) is 3.58. The molecule has 0 aliphatic rings. The molecule has 1 atom stereocenters. The maximum atomic E-state index is 14.0. The molecule has 1 aromatic carbocycles. The number of carboxylic acids is 1. The summed E-state index contributed by atoms with van der Waals surface area (Å²) in [5.74, 6) is -1.70. The number of carbonyl (C=O) groups is 1. The van der Waals surface area contributed by atoms with Crippen molar-refractivity contribution >= 4 is 27.6 Å². The summed E-state index contributed by atoms with van der Waals surface area (Å²) in [7, 11) is 0. The van der Waals surface area contributed by atoms with Gasteiger partial charge in [0.1, 0.15) is 0 Å². The van der Waals surface area contributed by atoms with Gasteiger partial charge in [0.25, 0.3) is 0 Å². The third kappa shape index (κ3) is 3.45. The number of benzene rings is 1. The van der Waals surface area contributed by atoms with E-state index < -0.39 is 11.8 Å². The van der Waals surface area contributed by atoms with Gasteiger partial charge in [-0.1, -0.05) is 20.3 Å². The Morgan fingerprint density at radius 1 is 1.50 bits per heavy atom. The summed E-state index contributed by atoms with van der Waals surface area (Å²) in [6.45, 7) is 4.11. The van der Waals surface area contributed by atoms with E-state index >= 15 is 0 Å². The van der Waals surface area contributed by atoms with Crippen molar-refractivity contribution in [2.45, 2.75) is 39.2 Å². The van der Waals surface area contributed by atoms with Gasteiger partial charge in [0.2, 0.25) is 0 Å². The standard InChI is InChI=1S/C13H17BrFNO2/c1-3-5-8(4-2)16-10-7-6-9(13(17)18)11(14)12(10)15/h6-8,16H,3-5H2,1-2H3,(H,17,18). The van der Waals surface area contributed by atoms with E-state index in [9.17, 15) is 9.18 Å². The van der Waals surface area contributed by atoms with Gasteiger partial charge in [-0.3, -0.25) is 0 Å². The summed E-state index contributed by atoms with van der Waals surface area (Å²) >= 11 is 2.99. The van der Waals surface area contributed by atoms with Gasteiger partial charge in [-0.05, 0) is 40.9 Å². The molecule has 1 rings (SSSR count). The van der Waals surface area contributed by atoms with E-state index in [2.05, 4.69) is 28.2 Å². The summed E-state index contributed by atoms with van der Waals surface area (Å²) in [6.07, 6.45) is 2.86. The lowest BCUT2D eigenvalue weighted by Gasteiger charge is -2.18. The molecule has 0 saturated heterocycles. The topological polar surface area (TPSA) is 49.3 Å². The molecule has 3 nitrogen and oxygen atoms in total. The van der Waals surface area contributed by atoms with Crippen molar-refractivity contribution in [3.8, 4) is 0 Å². The zero-order valence-corrected chi connectivity index (χ0v) is 12.1. The van der Waals surface area contributed by atoms with E-state index in [0.29, 0.717) is 5.69 Å². The molecule has 2 N–H and O–H groups in total. The van der Waals surface area contributed by atoms with Crippen LogP contribution in [0, 0.1) is 5.82 Å². The van der Waals surface area contributed by atoms with Gasteiger partial charge in [-0.25, -0.2) is 9.18 Å². The van der Waals surface area contributed by atoms with Crippen LogP contribution in [0.5, 0.6) is 0 Å². The highest BCUT2D eigenvalue weighted by Crippen LogP contribution is 2.28. The SMILES string of the molecule is CCCC(CC)Nc1ccc(C(=O)O)c(Br)c1F. The van der Waals surface area contributed by atoms with Crippen molar-refractivity contribution in [2.24, 2.45) is 0 Å². The quantitative estimate of drug-likeness (QED) is 0.823. The first-order valence-corrected chi connectivity index (χ1v) is 6.78. The first kappa shape index (κ1) is 15.0. The first-order valence-electron chi connectivity index (χ1n) is 5.99. The fraction of sp³-hybridized carbons (Fsp3) is 0.462. The van der Waals surface area contributed by atoms with E-state index in [1.54, 1.807) is 0 Å². The molecule has 0 aliphatic heterocycles. The number of hydrogen-bond acceptors (Lipinski definition) is 2. The minimum absolute atomic E-state index is 0.00801. The predicted molar refractivity (Wildman–Crippen MR) is 73.7 cm³/mol. The molecule has 0 aromatic heterocycles. The Balaban J connectivity index is 2.98. The van der Waals surface area contributed by atoms with Crippen molar-refractivity contribution in [3.63, 3.8) is 0 Å². The molecular formula is C13H17BrFNO2. The lowest BCUT2D eigenvalue weighted by molar-refractivity contribution is 0.0695. The van der Waals surface area contributed by atoms with Gasteiger partial charge in [-0.2, -0.15) is 0 Å². The fourth-order valence-corrected chi connectivity index (χ4v) is 2.29. The molecule has 0 radical (unpaired) electrons. The maximum absolute atomic E-state index is 14.0. The summed E-state index contributed by atoms with van der Waals surface area (Å²) in [5.41, 5.74) is 0.272. The van der Waals surface area contributed by atoms with Crippen molar-refractivity contribution in [2.75, 3.05) is 5.32 Å². The van der Waals surface area contributed by atoms with E-state index in [1.807, 2.05) is 6.92 Å². The van der Waals surface area contributed by atoms with Crippen molar-refractivity contribution < 1.29 is 14.3 Å². The predicted octanol–water partition coefficient (Wildman–Crippen LogP) is 4.28. The van der Waals surface area contributed by atoms with E-state index in [1.165, 1.54) is 12.1 Å². The number of aromatic carboxylic acids is 1. The Kier molecular flexibility index (Phi) is 5.59. The molecule has 100 valence electrons. The zero-order chi connectivity index (χ0) is 13.7. The van der Waals surface area contributed by atoms with Crippen molar-refractivity contribution in [1.82, 2.24) is 0 Å². The van der Waals surface area contributed by atoms with Crippen molar-refractivity contribution in [1.29, 1.82) is 0 Å². The first-order chi connectivity index (χ1) is 8.51. The van der Waals surface area contributed by atoms with E-state index in [0.717, 1.165) is 19.3 Å². The largest absolute Gasteiger partial charge is 0.478 e. The zero-order valence-electron chi connectivity index (χ0n) is 10.5. The van der Waals surface area contributed by atoms with Crippen LogP contribution in [0.1, 0.15) is 43.5 Å². The monoisotopic (exact) mass is 317 g/mol. The Bertz CT molecular complexity index is 437. The molecule has 0 aliphatic carbocycles. The minimum Gasteiger partial charge on any atom is -0.478 e. The van der Waals surface area contributed by atoms with Gasteiger partial charge >= 0.3 is 5.97 Å². The molecule has 0 heterocycles. The average Bonchev–Trinajstić information content (AvgIpc) is 2.33. The summed E-state index contributed by atoms with van der Waals surface area (Å²) in [6, 6.07) is 3.07. The number of anilines is 1. The molecule has 1 unspecified atom stereocenters. The van der Waals surface area contributed by atoms with Gasteiger partial charge in [-0.15, -0.1) is 0 Å². The average molecular weight is 318 g/mol. The van der Waals surface area contributed by atoms with Crippen LogP contribution in [0.15, 0.2) is 16.6 Å². The highest BCUT2D eigenvalue weighted by molar-refractivity contribution is 9.10. The van der Waals surface area contributed by atoms with Crippen LogP contribution < -0.4 is 5.32 Å². The number of nitrogens with one attached hydrogen (secondary N) is 1. The second-order valence-electron chi connectivity index (χ2n) is 4.13. The van der Waals surface area contributed by atoms with Gasteiger partial charge in [0.15, 0.2) is 5.82 Å². The normalized spacial score (nSPS) is 12.2. The smallest absolute Gasteiger partial charge is 0.336 e. The summed E-state index contributed by atoms with van der Waals surface area (Å²) in [4.78, 5) is 10.8. The molecule has 0 spiro atoms. The molecule has 5 heteroatoms. The Hall–Kier alpha value is -1.10. The number of halogens is 2. The summed E-state index contributed by atoms with van der Waals surface area (Å²) in [5, 5.41) is 12.0. The molecule has 0 bridgehead atoms. The molecule has 0 saturated carbocycles. The highest BCUT2D eigenvalue weighted by Gasteiger charge is 2.17. The second-order valence-corrected chi connectivity index (χ2v) is 4.92. The Labute approximate surface area is 115 Å². The second kappa shape index (κ2) is 6.73. The van der Waals surface area contributed by atoms with E-state index in [4.69, 9.17) is 5.11 Å². The molecular weight excluding hydrogens is 301 g/mol. The third-order valence-electron chi connectivity index (χ3n) is 2.80. The van der Waals surface area contributed by atoms with Crippen LogP contribution in [-0.2, 0) is 0 Å². The van der Waals surface area contributed by atoms with Crippen molar-refractivity contribution in [3.05, 3.63) is 28.0 Å². The van der Waals surface area contributed by atoms with Crippen LogP contribution in [0.3, 0.4) is 0 Å². The van der Waals surface area contributed by atoms with Crippen LogP contribution in [0.25, 0.3) is 0 Å². The lowest BCUT2D eigenvalue weighted by atomic mass is 10.1. The van der Waals surface area contributed by atoms with Crippen LogP contribution >= 0.6 is 15.9 Å².